The predicted octanol–water partition coefficient (Wildman–Crippen LogP) is 5.02. The number of cyclic esters (lactones) is 1. The predicted molar refractivity (Wildman–Crippen MR) is 154 cm³/mol. The topological polar surface area (TPSA) is 128 Å². The van der Waals surface area contributed by atoms with Gasteiger partial charge in [-0.15, -0.1) is 0 Å². The number of nitrogens with zero attached hydrogens (tertiary/aromatic N) is 1. The van der Waals surface area contributed by atoms with E-state index in [4.69, 9.17) is 9.15 Å². The lowest BCUT2D eigenvalue weighted by atomic mass is 9.90. The van der Waals surface area contributed by atoms with Crippen LogP contribution >= 0.6 is 0 Å². The number of nitrogens with one attached hydrogen (secondary N) is 2. The molecular weight excluding hydrogens is 510 g/mol. The highest BCUT2D eigenvalue weighted by Crippen LogP contribution is 2.24. The van der Waals surface area contributed by atoms with E-state index < -0.39 is 41.9 Å². The first-order valence-corrected chi connectivity index (χ1v) is 14.4. The molecule has 7 atom stereocenters. The van der Waals surface area contributed by atoms with Crippen LogP contribution in [0.15, 0.2) is 34.2 Å². The zero-order valence-corrected chi connectivity index (χ0v) is 25.3. The lowest BCUT2D eigenvalue weighted by molar-refractivity contribution is -0.156. The van der Waals surface area contributed by atoms with Crippen molar-refractivity contribution in [1.29, 1.82) is 0 Å². The molecule has 1 aromatic heterocycles. The van der Waals surface area contributed by atoms with E-state index in [2.05, 4.69) is 22.5 Å². The fourth-order valence-electron chi connectivity index (χ4n) is 4.95. The van der Waals surface area contributed by atoms with Gasteiger partial charge in [0.15, 0.2) is 6.39 Å². The van der Waals surface area contributed by atoms with Crippen molar-refractivity contribution in [3.8, 4) is 0 Å². The number of esters is 1. The van der Waals surface area contributed by atoms with Crippen LogP contribution < -0.4 is 10.6 Å². The molecule has 9 nitrogen and oxygen atoms in total. The first kappa shape index (κ1) is 33.0. The molecule has 2 N–H and O–H groups in total. The minimum atomic E-state index is -0.901. The Morgan fingerprint density at radius 1 is 1.00 bits per heavy atom. The number of hydrogen-bond donors (Lipinski definition) is 2. The Balaban J connectivity index is 2.30. The second kappa shape index (κ2) is 15.5. The summed E-state index contributed by atoms with van der Waals surface area (Å²) in [4.78, 5) is 56.6. The van der Waals surface area contributed by atoms with Crippen LogP contribution in [0.1, 0.15) is 93.3 Å². The number of rotatable bonds is 10. The molecule has 0 unspecified atom stereocenters. The minimum absolute atomic E-state index is 0.178. The molecule has 1 saturated heterocycles. The third-order valence-corrected chi connectivity index (χ3v) is 7.79. The molecule has 1 aromatic rings. The van der Waals surface area contributed by atoms with Crippen LogP contribution in [0.25, 0.3) is 6.08 Å². The molecule has 0 bridgehead atoms. The van der Waals surface area contributed by atoms with Gasteiger partial charge in [-0.1, -0.05) is 65.5 Å². The lowest BCUT2D eigenvalue weighted by Gasteiger charge is -2.31. The van der Waals surface area contributed by atoms with Crippen LogP contribution in [0, 0.1) is 23.7 Å². The molecule has 2 heterocycles. The SMILES string of the molecule is CC[C@H](C)[C@@H]1NC(=O)[C@@H]([C@@H](C)CC)NC(=O)CC(=O)[C@H](C)[C@H](/C=C(\C)C[C@@H](C)C/C(C)=C/c2cnco2)OC1=O. The molecule has 1 aliphatic rings. The van der Waals surface area contributed by atoms with Gasteiger partial charge in [-0.2, -0.15) is 0 Å². The highest BCUT2D eigenvalue weighted by Gasteiger charge is 2.37. The van der Waals surface area contributed by atoms with Crippen molar-refractivity contribution >= 4 is 29.6 Å². The van der Waals surface area contributed by atoms with Crippen LogP contribution in [-0.2, 0) is 23.9 Å². The third kappa shape index (κ3) is 9.75. The largest absolute Gasteiger partial charge is 0.456 e. The van der Waals surface area contributed by atoms with E-state index in [9.17, 15) is 19.2 Å². The number of oxazole rings is 1. The van der Waals surface area contributed by atoms with Crippen molar-refractivity contribution in [2.75, 3.05) is 0 Å². The van der Waals surface area contributed by atoms with Crippen LogP contribution in [-0.4, -0.2) is 46.7 Å². The van der Waals surface area contributed by atoms with Crippen LogP contribution in [0.4, 0.5) is 0 Å². The highest BCUT2D eigenvalue weighted by atomic mass is 16.5. The number of Topliss-reactive ketones (excluding diaryl/α,β-unsaturated/α-hetero) is 1. The maximum absolute atomic E-state index is 13.5. The van der Waals surface area contributed by atoms with E-state index in [1.54, 1.807) is 13.1 Å². The molecule has 0 saturated carbocycles. The van der Waals surface area contributed by atoms with Gasteiger partial charge in [-0.3, -0.25) is 14.4 Å². The summed E-state index contributed by atoms with van der Waals surface area (Å²) in [5, 5.41) is 5.58. The van der Waals surface area contributed by atoms with Gasteiger partial charge < -0.3 is 19.8 Å². The molecule has 9 heteroatoms. The van der Waals surface area contributed by atoms with E-state index in [-0.39, 0.29) is 30.0 Å². The maximum Gasteiger partial charge on any atom is 0.329 e. The van der Waals surface area contributed by atoms with Gasteiger partial charge in [0.05, 0.1) is 18.5 Å². The highest BCUT2D eigenvalue weighted by molar-refractivity contribution is 6.01. The summed E-state index contributed by atoms with van der Waals surface area (Å²) in [7, 11) is 0. The Bertz CT molecular complexity index is 1080. The normalized spacial score (nSPS) is 26.1. The van der Waals surface area contributed by atoms with E-state index in [1.807, 2.05) is 53.7 Å². The molecule has 0 spiro atoms. The molecule has 222 valence electrons. The second-order valence-electron chi connectivity index (χ2n) is 11.6. The van der Waals surface area contributed by atoms with Crippen LogP contribution in [0.3, 0.4) is 0 Å². The number of carbonyl (C=O) groups excluding carboxylic acids is 4. The quantitative estimate of drug-likeness (QED) is 0.235. The molecule has 0 aromatic carbocycles. The summed E-state index contributed by atoms with van der Waals surface area (Å²) in [6.45, 7) is 15.4. The van der Waals surface area contributed by atoms with Crippen molar-refractivity contribution in [3.63, 3.8) is 0 Å². The molecular formula is C31H47N3O6. The van der Waals surface area contributed by atoms with Gasteiger partial charge in [-0.25, -0.2) is 9.78 Å². The Hall–Kier alpha value is -3.23. The Labute approximate surface area is 238 Å². The van der Waals surface area contributed by atoms with Gasteiger partial charge in [0.25, 0.3) is 0 Å². The average molecular weight is 558 g/mol. The molecule has 40 heavy (non-hydrogen) atoms. The van der Waals surface area contributed by atoms with Gasteiger partial charge in [0.2, 0.25) is 11.8 Å². The van der Waals surface area contributed by atoms with E-state index >= 15 is 0 Å². The van der Waals surface area contributed by atoms with Crippen molar-refractivity contribution in [1.82, 2.24) is 15.6 Å². The number of allylic oxidation sites excluding steroid dienone is 2. The number of ketones is 1. The lowest BCUT2D eigenvalue weighted by Crippen LogP contribution is -2.57. The summed E-state index contributed by atoms with van der Waals surface area (Å²) in [5.41, 5.74) is 2.11. The summed E-state index contributed by atoms with van der Waals surface area (Å²) < 4.78 is 11.2. The molecule has 2 amide bonds. The molecule has 0 radical (unpaired) electrons. The zero-order chi connectivity index (χ0) is 30.0. The number of aromatic nitrogens is 1. The molecule has 0 aliphatic carbocycles. The molecule has 1 aliphatic heterocycles. The minimum Gasteiger partial charge on any atom is -0.456 e. The van der Waals surface area contributed by atoms with E-state index in [0.29, 0.717) is 18.6 Å². The zero-order valence-electron chi connectivity index (χ0n) is 25.3. The van der Waals surface area contributed by atoms with Crippen LogP contribution in [0.5, 0.6) is 0 Å². The monoisotopic (exact) mass is 557 g/mol. The summed E-state index contributed by atoms with van der Waals surface area (Å²) >= 11 is 0. The first-order chi connectivity index (χ1) is 18.9. The molecule has 2 rings (SSSR count). The maximum atomic E-state index is 13.5. The Morgan fingerprint density at radius 2 is 1.62 bits per heavy atom. The van der Waals surface area contributed by atoms with E-state index in [1.165, 1.54) is 6.39 Å². The average Bonchev–Trinajstić information content (AvgIpc) is 3.40. The Morgan fingerprint density at radius 3 is 2.23 bits per heavy atom. The van der Waals surface area contributed by atoms with Crippen molar-refractivity contribution < 1.29 is 28.3 Å². The van der Waals surface area contributed by atoms with Crippen LogP contribution in [0.2, 0.25) is 0 Å². The van der Waals surface area contributed by atoms with Crippen molar-refractivity contribution in [2.24, 2.45) is 23.7 Å². The summed E-state index contributed by atoms with van der Waals surface area (Å²) in [5.74, 6) is -2.02. The standard InChI is InChI=1S/C31H47N3O6/c1-9-21(6)28-30(37)34-29(22(7)10-2)31(38)40-26(23(8)25(35)15-27(36)33-28)14-20(5)12-18(3)11-19(4)13-24-16-32-17-39-24/h13-14,16-18,21-23,26,28-29H,9-12,15H2,1-8H3,(H,33,36)(H,34,37)/b19-13+,20-14+/t18-,21-,22-,23-,26-,28+,29-/m0/s1. The van der Waals surface area contributed by atoms with Gasteiger partial charge in [0.1, 0.15) is 29.7 Å². The number of carbonyl (C=O) groups is 4. The van der Waals surface area contributed by atoms with Gasteiger partial charge >= 0.3 is 5.97 Å². The second-order valence-corrected chi connectivity index (χ2v) is 11.6. The number of ether oxygens (including phenoxy) is 1. The first-order valence-electron chi connectivity index (χ1n) is 14.4. The van der Waals surface area contributed by atoms with Crippen molar-refractivity contribution in [2.45, 2.75) is 106 Å². The Kier molecular flexibility index (Phi) is 12.8. The van der Waals surface area contributed by atoms with Gasteiger partial charge in [0, 0.05) is 0 Å². The fraction of sp³-hybridized carbons (Fsp3) is 0.645. The fourth-order valence-corrected chi connectivity index (χ4v) is 4.95. The smallest absolute Gasteiger partial charge is 0.329 e. The number of amides is 2. The summed E-state index contributed by atoms with van der Waals surface area (Å²) in [6.07, 6.45) is 8.39. The summed E-state index contributed by atoms with van der Waals surface area (Å²) in [6, 6.07) is -1.75. The van der Waals surface area contributed by atoms with Gasteiger partial charge in [-0.05, 0) is 56.6 Å². The van der Waals surface area contributed by atoms with E-state index in [0.717, 1.165) is 24.0 Å². The third-order valence-electron chi connectivity index (χ3n) is 7.79. The molecule has 1 fully saturated rings. The number of hydrogen-bond acceptors (Lipinski definition) is 7. The van der Waals surface area contributed by atoms with Crippen molar-refractivity contribution in [3.05, 3.63) is 35.6 Å².